The van der Waals surface area contributed by atoms with Gasteiger partial charge in [0.15, 0.2) is 0 Å². The first-order valence-corrected chi connectivity index (χ1v) is 6.38. The molecule has 4 heteroatoms. The normalized spacial score (nSPS) is 13.6. The highest BCUT2D eigenvalue weighted by Gasteiger charge is 2.18. The molecule has 1 heterocycles. The van der Waals surface area contributed by atoms with Gasteiger partial charge in [-0.25, -0.2) is 4.79 Å². The number of hydrogen-bond donors (Lipinski definition) is 1. The lowest BCUT2D eigenvalue weighted by molar-refractivity contribution is -0.132. The van der Waals surface area contributed by atoms with Crippen molar-refractivity contribution in [2.75, 3.05) is 6.61 Å². The molecular formula is C14H15ClO3. The summed E-state index contributed by atoms with van der Waals surface area (Å²) in [6, 6.07) is 3.70. The molecule has 1 aliphatic rings. The van der Waals surface area contributed by atoms with Crippen LogP contribution < -0.4 is 4.74 Å². The van der Waals surface area contributed by atoms with Gasteiger partial charge in [0.05, 0.1) is 5.57 Å². The average Bonchev–Trinajstić information content (AvgIpc) is 2.35. The van der Waals surface area contributed by atoms with E-state index in [0.717, 1.165) is 36.1 Å². The van der Waals surface area contributed by atoms with Gasteiger partial charge in [0, 0.05) is 10.6 Å². The molecule has 0 unspecified atom stereocenters. The van der Waals surface area contributed by atoms with Gasteiger partial charge < -0.3 is 9.84 Å². The number of carboxylic acid groups (broad SMARTS) is 1. The molecule has 0 bridgehead atoms. The van der Waals surface area contributed by atoms with Crippen LogP contribution in [-0.2, 0) is 11.2 Å². The Morgan fingerprint density at radius 1 is 1.50 bits per heavy atom. The number of carbonyl (C=O) groups is 1. The third kappa shape index (κ3) is 2.67. The minimum atomic E-state index is -0.952. The van der Waals surface area contributed by atoms with Crippen molar-refractivity contribution in [3.05, 3.63) is 33.9 Å². The topological polar surface area (TPSA) is 46.5 Å². The summed E-state index contributed by atoms with van der Waals surface area (Å²) in [5, 5.41) is 9.60. The van der Waals surface area contributed by atoms with Crippen molar-refractivity contribution < 1.29 is 14.6 Å². The molecule has 0 atom stereocenters. The van der Waals surface area contributed by atoms with Gasteiger partial charge in [0.25, 0.3) is 0 Å². The highest BCUT2D eigenvalue weighted by molar-refractivity contribution is 6.31. The molecule has 96 valence electrons. The molecule has 0 radical (unpaired) electrons. The number of benzene rings is 1. The van der Waals surface area contributed by atoms with Crippen LogP contribution in [0.3, 0.4) is 0 Å². The first kappa shape index (κ1) is 13.0. The van der Waals surface area contributed by atoms with Crippen LogP contribution in [0.1, 0.15) is 30.9 Å². The molecule has 1 aliphatic heterocycles. The van der Waals surface area contributed by atoms with E-state index >= 15 is 0 Å². The van der Waals surface area contributed by atoms with Gasteiger partial charge in [0.1, 0.15) is 12.4 Å². The number of halogens is 1. The summed E-state index contributed by atoms with van der Waals surface area (Å²) in [5.74, 6) is -0.234. The van der Waals surface area contributed by atoms with Crippen molar-refractivity contribution in [3.8, 4) is 5.75 Å². The van der Waals surface area contributed by atoms with Crippen LogP contribution in [0.15, 0.2) is 17.7 Å². The predicted molar refractivity (Wildman–Crippen MR) is 71.2 cm³/mol. The van der Waals surface area contributed by atoms with Gasteiger partial charge in [-0.05, 0) is 36.6 Å². The summed E-state index contributed by atoms with van der Waals surface area (Å²) in [6.45, 7) is 2.24. The summed E-state index contributed by atoms with van der Waals surface area (Å²) < 4.78 is 5.47. The van der Waals surface area contributed by atoms with Crippen molar-refractivity contribution in [1.82, 2.24) is 0 Å². The molecule has 0 saturated heterocycles. The minimum Gasteiger partial charge on any atom is -0.488 e. The first-order chi connectivity index (χ1) is 8.61. The molecule has 0 fully saturated rings. The smallest absolute Gasteiger partial charge is 0.335 e. The molecule has 0 spiro atoms. The number of fused-ring (bicyclic) bond motifs is 1. The monoisotopic (exact) mass is 266 g/mol. The van der Waals surface area contributed by atoms with E-state index in [-0.39, 0.29) is 12.2 Å². The van der Waals surface area contributed by atoms with Crippen molar-refractivity contribution in [2.45, 2.75) is 26.2 Å². The molecule has 1 aromatic rings. The fraction of sp³-hybridized carbons (Fsp3) is 0.357. The van der Waals surface area contributed by atoms with Gasteiger partial charge in [-0.2, -0.15) is 0 Å². The molecule has 3 nitrogen and oxygen atoms in total. The Kier molecular flexibility index (Phi) is 3.92. The Hall–Kier alpha value is -1.48. The van der Waals surface area contributed by atoms with Gasteiger partial charge >= 0.3 is 5.97 Å². The van der Waals surface area contributed by atoms with E-state index in [4.69, 9.17) is 21.4 Å². The SMILES string of the molecule is CCCCc1cc2c(cc1Cl)C=C(C(=O)O)CO2. The van der Waals surface area contributed by atoms with Crippen LogP contribution in [0, 0.1) is 0 Å². The molecule has 1 N–H and O–H groups in total. The number of unbranched alkanes of at least 4 members (excludes halogenated alkanes) is 1. The summed E-state index contributed by atoms with van der Waals surface area (Å²) in [5.41, 5.74) is 2.05. The third-order valence-corrected chi connectivity index (χ3v) is 3.32. The highest BCUT2D eigenvalue weighted by atomic mass is 35.5. The Labute approximate surface area is 111 Å². The number of aliphatic carboxylic acids is 1. The fourth-order valence-electron chi connectivity index (χ4n) is 1.92. The van der Waals surface area contributed by atoms with Gasteiger partial charge in [-0.1, -0.05) is 24.9 Å². The minimum absolute atomic E-state index is 0.108. The molecule has 0 aromatic heterocycles. The lowest BCUT2D eigenvalue weighted by Crippen LogP contribution is -2.14. The molecule has 0 aliphatic carbocycles. The fourth-order valence-corrected chi connectivity index (χ4v) is 2.18. The van der Waals surface area contributed by atoms with Crippen LogP contribution >= 0.6 is 11.6 Å². The zero-order valence-electron chi connectivity index (χ0n) is 10.2. The molecule has 2 rings (SSSR count). The summed E-state index contributed by atoms with van der Waals surface area (Å²) in [6.07, 6.45) is 4.73. The third-order valence-electron chi connectivity index (χ3n) is 2.97. The van der Waals surface area contributed by atoms with Crippen LogP contribution in [0.4, 0.5) is 0 Å². The van der Waals surface area contributed by atoms with Crippen molar-refractivity contribution in [2.24, 2.45) is 0 Å². The van der Waals surface area contributed by atoms with Crippen molar-refractivity contribution in [1.29, 1.82) is 0 Å². The largest absolute Gasteiger partial charge is 0.488 e. The van der Waals surface area contributed by atoms with Gasteiger partial charge in [-0.15, -0.1) is 0 Å². The van der Waals surface area contributed by atoms with E-state index in [0.29, 0.717) is 5.02 Å². The van der Waals surface area contributed by atoms with E-state index in [1.54, 1.807) is 12.1 Å². The molecule has 18 heavy (non-hydrogen) atoms. The van der Waals surface area contributed by atoms with E-state index in [1.807, 2.05) is 6.07 Å². The van der Waals surface area contributed by atoms with Crippen molar-refractivity contribution >= 4 is 23.6 Å². The van der Waals surface area contributed by atoms with E-state index in [9.17, 15) is 4.79 Å². The lowest BCUT2D eigenvalue weighted by Gasteiger charge is -2.17. The number of ether oxygens (including phenoxy) is 1. The maximum absolute atomic E-state index is 10.9. The predicted octanol–water partition coefficient (Wildman–Crippen LogP) is 3.54. The van der Waals surface area contributed by atoms with Gasteiger partial charge in [-0.3, -0.25) is 0 Å². The summed E-state index contributed by atoms with van der Waals surface area (Å²) >= 11 is 6.19. The molecule has 0 saturated carbocycles. The van der Waals surface area contributed by atoms with Crippen LogP contribution in [-0.4, -0.2) is 17.7 Å². The zero-order valence-corrected chi connectivity index (χ0v) is 11.0. The first-order valence-electron chi connectivity index (χ1n) is 6.01. The van der Waals surface area contributed by atoms with Crippen LogP contribution in [0.5, 0.6) is 5.75 Å². The second kappa shape index (κ2) is 5.44. The summed E-state index contributed by atoms with van der Waals surface area (Å²) in [7, 11) is 0. The maximum Gasteiger partial charge on any atom is 0.335 e. The van der Waals surface area contributed by atoms with Crippen molar-refractivity contribution in [3.63, 3.8) is 0 Å². The Bertz CT molecular complexity index is 506. The van der Waals surface area contributed by atoms with Crippen LogP contribution in [0.25, 0.3) is 6.08 Å². The molecule has 0 amide bonds. The molecular weight excluding hydrogens is 252 g/mol. The van der Waals surface area contributed by atoms with E-state index in [2.05, 4.69) is 6.92 Å². The Balaban J connectivity index is 2.33. The Morgan fingerprint density at radius 2 is 2.28 bits per heavy atom. The molecule has 1 aromatic carbocycles. The standard InChI is InChI=1S/C14H15ClO3/c1-2-3-4-9-7-13-10(6-12(9)15)5-11(8-18-13)14(16)17/h5-7H,2-4,8H2,1H3,(H,16,17). The number of carboxylic acids is 1. The zero-order chi connectivity index (χ0) is 13.1. The van der Waals surface area contributed by atoms with E-state index < -0.39 is 5.97 Å². The maximum atomic E-state index is 10.9. The quantitative estimate of drug-likeness (QED) is 0.907. The average molecular weight is 267 g/mol. The van der Waals surface area contributed by atoms with E-state index in [1.165, 1.54) is 0 Å². The summed E-state index contributed by atoms with van der Waals surface area (Å²) in [4.78, 5) is 10.9. The van der Waals surface area contributed by atoms with Gasteiger partial charge in [0.2, 0.25) is 0 Å². The second-order valence-electron chi connectivity index (χ2n) is 4.35. The number of rotatable bonds is 4. The highest BCUT2D eigenvalue weighted by Crippen LogP contribution is 2.32. The lowest BCUT2D eigenvalue weighted by atomic mass is 10.0. The number of aryl methyl sites for hydroxylation is 1. The number of hydrogen-bond acceptors (Lipinski definition) is 2. The second-order valence-corrected chi connectivity index (χ2v) is 4.76. The Morgan fingerprint density at radius 3 is 2.94 bits per heavy atom. The van der Waals surface area contributed by atoms with Crippen LogP contribution in [0.2, 0.25) is 5.02 Å².